The van der Waals surface area contributed by atoms with Gasteiger partial charge in [0.25, 0.3) is 0 Å². The molecular formula is C11H15ClN6O. The zero-order valence-corrected chi connectivity index (χ0v) is 11.7. The van der Waals surface area contributed by atoms with Crippen molar-refractivity contribution in [3.63, 3.8) is 0 Å². The van der Waals surface area contributed by atoms with E-state index in [1.54, 1.807) is 17.1 Å². The van der Waals surface area contributed by atoms with E-state index in [4.69, 9.17) is 16.3 Å². The quantitative estimate of drug-likeness (QED) is 0.908. The molecule has 1 N–H and O–H groups in total. The highest BCUT2D eigenvalue weighted by Gasteiger charge is 2.09. The summed E-state index contributed by atoms with van der Waals surface area (Å²) in [6, 6.07) is 0.399. The lowest BCUT2D eigenvalue weighted by molar-refractivity contribution is 0.437. The predicted molar refractivity (Wildman–Crippen MR) is 71.7 cm³/mol. The molecule has 0 radical (unpaired) electrons. The normalized spacial score (nSPS) is 10.8. The predicted octanol–water partition coefficient (Wildman–Crippen LogP) is 2.53. The number of aromatic nitrogens is 5. The second-order valence-electron chi connectivity index (χ2n) is 4.09. The van der Waals surface area contributed by atoms with Crippen LogP contribution >= 0.6 is 11.6 Å². The Morgan fingerprint density at radius 1 is 1.37 bits per heavy atom. The maximum absolute atomic E-state index is 5.80. The monoisotopic (exact) mass is 282 g/mol. The van der Waals surface area contributed by atoms with Gasteiger partial charge in [-0.2, -0.15) is 20.1 Å². The van der Waals surface area contributed by atoms with Gasteiger partial charge in [0.1, 0.15) is 0 Å². The third kappa shape index (κ3) is 3.54. The summed E-state index contributed by atoms with van der Waals surface area (Å²) in [4.78, 5) is 11.9. The lowest BCUT2D eigenvalue weighted by Gasteiger charge is -2.05. The molecule has 2 aromatic heterocycles. The summed E-state index contributed by atoms with van der Waals surface area (Å²) in [7, 11) is 0. The average molecular weight is 283 g/mol. The van der Waals surface area contributed by atoms with E-state index in [-0.39, 0.29) is 17.3 Å². The Bertz CT molecular complexity index is 556. The molecule has 2 heterocycles. The van der Waals surface area contributed by atoms with E-state index in [0.29, 0.717) is 18.2 Å². The Hall–Kier alpha value is -1.89. The van der Waals surface area contributed by atoms with Crippen molar-refractivity contribution in [1.29, 1.82) is 0 Å². The first-order valence-electron chi connectivity index (χ1n) is 5.96. The van der Waals surface area contributed by atoms with Gasteiger partial charge < -0.3 is 10.1 Å². The zero-order valence-electron chi connectivity index (χ0n) is 11.0. The van der Waals surface area contributed by atoms with Gasteiger partial charge in [0, 0.05) is 12.6 Å². The van der Waals surface area contributed by atoms with E-state index in [1.807, 2.05) is 20.8 Å². The van der Waals surface area contributed by atoms with Crippen molar-refractivity contribution in [2.45, 2.75) is 26.8 Å². The van der Waals surface area contributed by atoms with Crippen molar-refractivity contribution >= 4 is 17.5 Å². The van der Waals surface area contributed by atoms with Crippen LogP contribution in [-0.4, -0.2) is 31.3 Å². The average Bonchev–Trinajstić information content (AvgIpc) is 2.77. The molecule has 0 saturated carbocycles. The zero-order chi connectivity index (χ0) is 13.8. The molecule has 102 valence electrons. The van der Waals surface area contributed by atoms with Crippen LogP contribution in [0.2, 0.25) is 5.28 Å². The molecule has 0 saturated heterocycles. The number of hydrogen-bond donors (Lipinski definition) is 1. The minimum absolute atomic E-state index is 0.0807. The van der Waals surface area contributed by atoms with Gasteiger partial charge in [-0.3, -0.25) is 4.68 Å². The summed E-state index contributed by atoms with van der Waals surface area (Å²) in [6.45, 7) is 6.68. The number of hydrogen-bond acceptors (Lipinski definition) is 6. The second-order valence-corrected chi connectivity index (χ2v) is 4.43. The first-order valence-corrected chi connectivity index (χ1v) is 6.33. The van der Waals surface area contributed by atoms with Crippen LogP contribution in [0.3, 0.4) is 0 Å². The Balaban J connectivity index is 2.17. The third-order valence-corrected chi connectivity index (χ3v) is 2.41. The fraction of sp³-hybridized carbons (Fsp3) is 0.455. The van der Waals surface area contributed by atoms with Crippen LogP contribution in [0.15, 0.2) is 12.4 Å². The van der Waals surface area contributed by atoms with E-state index in [2.05, 4.69) is 25.4 Å². The number of halogens is 1. The van der Waals surface area contributed by atoms with Crippen molar-refractivity contribution in [3.8, 4) is 11.8 Å². The van der Waals surface area contributed by atoms with Crippen LogP contribution in [0.5, 0.6) is 11.8 Å². The summed E-state index contributed by atoms with van der Waals surface area (Å²) in [6.07, 6.45) is 3.37. The summed E-state index contributed by atoms with van der Waals surface area (Å²) >= 11 is 5.80. The van der Waals surface area contributed by atoms with Gasteiger partial charge in [0.15, 0.2) is 5.75 Å². The van der Waals surface area contributed by atoms with Gasteiger partial charge in [0.2, 0.25) is 11.2 Å². The molecule has 0 aliphatic heterocycles. The molecule has 2 rings (SSSR count). The lowest BCUT2D eigenvalue weighted by atomic mass is 10.4. The maximum atomic E-state index is 5.80. The van der Waals surface area contributed by atoms with Crippen LogP contribution in [-0.2, 0) is 0 Å². The van der Waals surface area contributed by atoms with Crippen molar-refractivity contribution in [3.05, 3.63) is 17.7 Å². The molecule has 0 atom stereocenters. The molecule has 7 nitrogen and oxygen atoms in total. The molecule has 8 heteroatoms. The van der Waals surface area contributed by atoms with E-state index < -0.39 is 0 Å². The standard InChI is InChI=1S/C11H15ClN6O/c1-4-13-10-15-9(12)16-11(17-10)19-8-5-14-18(6-8)7(2)3/h5-7H,4H2,1-3H3,(H,13,15,16,17). The highest BCUT2D eigenvalue weighted by Crippen LogP contribution is 2.20. The topological polar surface area (TPSA) is 77.8 Å². The fourth-order valence-electron chi connectivity index (χ4n) is 1.38. The van der Waals surface area contributed by atoms with Crippen LogP contribution in [0.1, 0.15) is 26.8 Å². The van der Waals surface area contributed by atoms with Crippen molar-refractivity contribution in [1.82, 2.24) is 24.7 Å². The molecule has 0 spiro atoms. The summed E-state index contributed by atoms with van der Waals surface area (Å²) in [5.74, 6) is 0.937. The van der Waals surface area contributed by atoms with Crippen LogP contribution in [0, 0.1) is 0 Å². The van der Waals surface area contributed by atoms with Gasteiger partial charge in [-0.1, -0.05) is 0 Å². The minimum Gasteiger partial charge on any atom is -0.421 e. The van der Waals surface area contributed by atoms with Crippen LogP contribution in [0.25, 0.3) is 0 Å². The summed E-state index contributed by atoms with van der Waals surface area (Å²) in [5.41, 5.74) is 0. The van der Waals surface area contributed by atoms with Gasteiger partial charge in [-0.25, -0.2) is 0 Å². The number of anilines is 1. The Labute approximate surface area is 116 Å². The van der Waals surface area contributed by atoms with Gasteiger partial charge in [-0.05, 0) is 32.4 Å². The lowest BCUT2D eigenvalue weighted by Crippen LogP contribution is -2.04. The molecule has 0 aliphatic carbocycles. The third-order valence-electron chi connectivity index (χ3n) is 2.24. The molecule has 0 amide bonds. The van der Waals surface area contributed by atoms with Crippen molar-refractivity contribution in [2.24, 2.45) is 0 Å². The molecule has 0 unspecified atom stereocenters. The van der Waals surface area contributed by atoms with E-state index in [9.17, 15) is 0 Å². The van der Waals surface area contributed by atoms with E-state index >= 15 is 0 Å². The fourth-order valence-corrected chi connectivity index (χ4v) is 1.53. The first-order chi connectivity index (χ1) is 9.08. The minimum atomic E-state index is 0.0807. The summed E-state index contributed by atoms with van der Waals surface area (Å²) in [5, 5.41) is 7.20. The first kappa shape index (κ1) is 13.5. The van der Waals surface area contributed by atoms with Crippen LogP contribution < -0.4 is 10.1 Å². The largest absolute Gasteiger partial charge is 0.421 e. The highest BCUT2D eigenvalue weighted by atomic mass is 35.5. The molecule has 2 aromatic rings. The maximum Gasteiger partial charge on any atom is 0.328 e. The number of nitrogens with one attached hydrogen (secondary N) is 1. The van der Waals surface area contributed by atoms with E-state index in [0.717, 1.165) is 0 Å². The molecule has 0 bridgehead atoms. The van der Waals surface area contributed by atoms with Gasteiger partial charge >= 0.3 is 6.01 Å². The van der Waals surface area contributed by atoms with Crippen molar-refractivity contribution < 1.29 is 4.74 Å². The Kier molecular flexibility index (Phi) is 4.16. The molecular weight excluding hydrogens is 268 g/mol. The molecule has 19 heavy (non-hydrogen) atoms. The van der Waals surface area contributed by atoms with Crippen LogP contribution in [0.4, 0.5) is 5.95 Å². The van der Waals surface area contributed by atoms with E-state index in [1.165, 1.54) is 0 Å². The Morgan fingerprint density at radius 2 is 2.16 bits per heavy atom. The molecule has 0 fully saturated rings. The molecule has 0 aliphatic rings. The molecule has 0 aromatic carbocycles. The van der Waals surface area contributed by atoms with Gasteiger partial charge in [-0.15, -0.1) is 0 Å². The number of ether oxygens (including phenoxy) is 1. The highest BCUT2D eigenvalue weighted by molar-refractivity contribution is 6.28. The number of rotatable bonds is 5. The smallest absolute Gasteiger partial charge is 0.328 e. The van der Waals surface area contributed by atoms with Gasteiger partial charge in [0.05, 0.1) is 12.4 Å². The SMILES string of the molecule is CCNc1nc(Cl)nc(Oc2cnn(C(C)C)c2)n1. The van der Waals surface area contributed by atoms with Crippen molar-refractivity contribution in [2.75, 3.05) is 11.9 Å². The second kappa shape index (κ2) is 5.83. The summed E-state index contributed by atoms with van der Waals surface area (Å²) < 4.78 is 7.29. The number of nitrogens with zero attached hydrogens (tertiary/aromatic N) is 5. The Morgan fingerprint density at radius 3 is 2.79 bits per heavy atom.